The van der Waals surface area contributed by atoms with Crippen molar-refractivity contribution in [3.63, 3.8) is 0 Å². The van der Waals surface area contributed by atoms with Gasteiger partial charge in [-0.05, 0) is 37.2 Å². The first kappa shape index (κ1) is 14.1. The Morgan fingerprint density at radius 2 is 1.95 bits per heavy atom. The van der Waals surface area contributed by atoms with Crippen LogP contribution in [0.3, 0.4) is 0 Å². The molecular formula is C18H28N2. The van der Waals surface area contributed by atoms with E-state index in [1.165, 1.54) is 37.9 Å². The van der Waals surface area contributed by atoms with E-state index in [0.717, 1.165) is 24.4 Å². The van der Waals surface area contributed by atoms with E-state index in [2.05, 4.69) is 54.4 Å². The van der Waals surface area contributed by atoms with Gasteiger partial charge in [0.25, 0.3) is 0 Å². The maximum atomic E-state index is 3.77. The van der Waals surface area contributed by atoms with Gasteiger partial charge in [-0.15, -0.1) is 0 Å². The Hall–Kier alpha value is -0.860. The van der Waals surface area contributed by atoms with Crippen LogP contribution < -0.4 is 5.32 Å². The van der Waals surface area contributed by atoms with E-state index in [1.807, 2.05) is 0 Å². The molecule has 0 amide bonds. The minimum Gasteiger partial charge on any atom is -0.311 e. The van der Waals surface area contributed by atoms with Gasteiger partial charge >= 0.3 is 0 Å². The first-order valence-electron chi connectivity index (χ1n) is 8.29. The van der Waals surface area contributed by atoms with E-state index in [1.54, 1.807) is 0 Å². The summed E-state index contributed by atoms with van der Waals surface area (Å²) in [6.45, 7) is 7.11. The lowest BCUT2D eigenvalue weighted by Gasteiger charge is -2.49. The van der Waals surface area contributed by atoms with Gasteiger partial charge in [0.1, 0.15) is 0 Å². The maximum Gasteiger partial charge on any atom is 0.0236 e. The van der Waals surface area contributed by atoms with Crippen LogP contribution in [0.4, 0.5) is 0 Å². The van der Waals surface area contributed by atoms with Crippen molar-refractivity contribution in [3.8, 4) is 0 Å². The zero-order valence-electron chi connectivity index (χ0n) is 12.9. The summed E-state index contributed by atoms with van der Waals surface area (Å²) in [7, 11) is 0. The molecule has 110 valence electrons. The third kappa shape index (κ3) is 3.07. The molecule has 2 fully saturated rings. The van der Waals surface area contributed by atoms with E-state index < -0.39 is 0 Å². The monoisotopic (exact) mass is 272 g/mol. The van der Waals surface area contributed by atoms with E-state index in [0.29, 0.717) is 6.04 Å². The van der Waals surface area contributed by atoms with Gasteiger partial charge in [0.2, 0.25) is 0 Å². The molecule has 0 spiro atoms. The molecule has 1 aromatic carbocycles. The van der Waals surface area contributed by atoms with Crippen molar-refractivity contribution in [2.24, 2.45) is 5.92 Å². The van der Waals surface area contributed by atoms with Crippen LogP contribution in [0.1, 0.15) is 38.7 Å². The molecule has 0 bridgehead atoms. The van der Waals surface area contributed by atoms with Crippen LogP contribution >= 0.6 is 0 Å². The second-order valence-corrected chi connectivity index (χ2v) is 6.78. The first-order valence-corrected chi connectivity index (χ1v) is 8.29. The Labute approximate surface area is 123 Å². The van der Waals surface area contributed by atoms with Gasteiger partial charge in [0.15, 0.2) is 0 Å². The SMILES string of the molecule is CCC1CNC(Cc2ccccc2)CN1C1CC(C)C1. The lowest BCUT2D eigenvalue weighted by Crippen LogP contribution is -2.61. The fourth-order valence-corrected chi connectivity index (χ4v) is 3.88. The van der Waals surface area contributed by atoms with Crippen LogP contribution in [-0.2, 0) is 6.42 Å². The van der Waals surface area contributed by atoms with Crippen molar-refractivity contribution in [2.45, 2.75) is 57.7 Å². The molecule has 1 heterocycles. The second kappa shape index (κ2) is 6.28. The summed E-state index contributed by atoms with van der Waals surface area (Å²) >= 11 is 0. The molecule has 2 atom stereocenters. The van der Waals surface area contributed by atoms with Crippen LogP contribution in [0.25, 0.3) is 0 Å². The molecular weight excluding hydrogens is 244 g/mol. The van der Waals surface area contributed by atoms with Gasteiger partial charge in [-0.3, -0.25) is 4.90 Å². The summed E-state index contributed by atoms with van der Waals surface area (Å²) in [6, 6.07) is 13.1. The number of piperazine rings is 1. The highest BCUT2D eigenvalue weighted by molar-refractivity contribution is 5.16. The molecule has 0 radical (unpaired) electrons. The summed E-state index contributed by atoms with van der Waals surface area (Å²) in [5, 5.41) is 3.77. The van der Waals surface area contributed by atoms with Crippen molar-refractivity contribution in [3.05, 3.63) is 35.9 Å². The molecule has 3 rings (SSSR count). The number of nitrogens with one attached hydrogen (secondary N) is 1. The summed E-state index contributed by atoms with van der Waals surface area (Å²) in [6.07, 6.45) is 5.26. The Morgan fingerprint density at radius 1 is 1.20 bits per heavy atom. The first-order chi connectivity index (χ1) is 9.76. The number of rotatable bonds is 4. The average Bonchev–Trinajstić information content (AvgIpc) is 2.45. The molecule has 2 nitrogen and oxygen atoms in total. The van der Waals surface area contributed by atoms with Crippen molar-refractivity contribution >= 4 is 0 Å². The van der Waals surface area contributed by atoms with Crippen LogP contribution in [0.15, 0.2) is 30.3 Å². The predicted octanol–water partition coefficient (Wildman–Crippen LogP) is 3.08. The number of nitrogens with zero attached hydrogens (tertiary/aromatic N) is 1. The second-order valence-electron chi connectivity index (χ2n) is 6.78. The molecule has 2 aliphatic rings. The Morgan fingerprint density at radius 3 is 2.60 bits per heavy atom. The fraction of sp³-hybridized carbons (Fsp3) is 0.667. The smallest absolute Gasteiger partial charge is 0.0236 e. The normalized spacial score (nSPS) is 34.7. The highest BCUT2D eigenvalue weighted by atomic mass is 15.3. The maximum absolute atomic E-state index is 3.77. The summed E-state index contributed by atoms with van der Waals surface area (Å²) in [5.41, 5.74) is 1.46. The summed E-state index contributed by atoms with van der Waals surface area (Å²) in [5.74, 6) is 0.944. The molecule has 1 saturated carbocycles. The van der Waals surface area contributed by atoms with Crippen molar-refractivity contribution < 1.29 is 0 Å². The van der Waals surface area contributed by atoms with E-state index in [4.69, 9.17) is 0 Å². The van der Waals surface area contributed by atoms with Crippen molar-refractivity contribution in [1.82, 2.24) is 10.2 Å². The molecule has 1 N–H and O–H groups in total. The van der Waals surface area contributed by atoms with Gasteiger partial charge in [0.05, 0.1) is 0 Å². The Bertz CT molecular complexity index is 411. The number of hydrogen-bond acceptors (Lipinski definition) is 2. The van der Waals surface area contributed by atoms with Gasteiger partial charge in [0, 0.05) is 31.2 Å². The topological polar surface area (TPSA) is 15.3 Å². The van der Waals surface area contributed by atoms with E-state index in [9.17, 15) is 0 Å². The molecule has 2 unspecified atom stereocenters. The predicted molar refractivity (Wildman–Crippen MR) is 84.9 cm³/mol. The highest BCUT2D eigenvalue weighted by Gasteiger charge is 2.37. The quantitative estimate of drug-likeness (QED) is 0.906. The molecule has 1 aromatic rings. The standard InChI is InChI=1S/C18H28N2/c1-3-17-12-19-16(11-15-7-5-4-6-8-15)13-20(17)18-9-14(2)10-18/h4-8,14,16-19H,3,9-13H2,1-2H3. The average molecular weight is 272 g/mol. The van der Waals surface area contributed by atoms with Gasteiger partial charge in [-0.25, -0.2) is 0 Å². The lowest BCUT2D eigenvalue weighted by molar-refractivity contribution is 0.0168. The highest BCUT2D eigenvalue weighted by Crippen LogP contribution is 2.33. The van der Waals surface area contributed by atoms with Crippen LogP contribution in [0.2, 0.25) is 0 Å². The van der Waals surface area contributed by atoms with E-state index in [-0.39, 0.29) is 0 Å². The minimum absolute atomic E-state index is 0.621. The number of hydrogen-bond donors (Lipinski definition) is 1. The molecule has 1 aliphatic carbocycles. The van der Waals surface area contributed by atoms with E-state index >= 15 is 0 Å². The van der Waals surface area contributed by atoms with Gasteiger partial charge in [-0.2, -0.15) is 0 Å². The molecule has 0 aromatic heterocycles. The largest absolute Gasteiger partial charge is 0.311 e. The van der Waals surface area contributed by atoms with Crippen molar-refractivity contribution in [1.29, 1.82) is 0 Å². The molecule has 1 saturated heterocycles. The summed E-state index contributed by atoms with van der Waals surface area (Å²) < 4.78 is 0. The Kier molecular flexibility index (Phi) is 4.42. The fourth-order valence-electron chi connectivity index (χ4n) is 3.88. The summed E-state index contributed by atoms with van der Waals surface area (Å²) in [4.78, 5) is 2.81. The molecule has 20 heavy (non-hydrogen) atoms. The van der Waals surface area contributed by atoms with Gasteiger partial charge in [-0.1, -0.05) is 44.2 Å². The Balaban J connectivity index is 1.61. The zero-order valence-corrected chi connectivity index (χ0v) is 12.9. The lowest BCUT2D eigenvalue weighted by atomic mass is 9.79. The van der Waals surface area contributed by atoms with Crippen molar-refractivity contribution in [2.75, 3.05) is 13.1 Å². The third-order valence-electron chi connectivity index (χ3n) is 5.16. The number of benzene rings is 1. The molecule has 2 heteroatoms. The minimum atomic E-state index is 0.621. The molecule has 1 aliphatic heterocycles. The van der Waals surface area contributed by atoms with Crippen LogP contribution in [-0.4, -0.2) is 36.1 Å². The zero-order chi connectivity index (χ0) is 13.9. The van der Waals surface area contributed by atoms with Gasteiger partial charge < -0.3 is 5.32 Å². The third-order valence-corrected chi connectivity index (χ3v) is 5.16. The van der Waals surface area contributed by atoms with Crippen LogP contribution in [0.5, 0.6) is 0 Å². The van der Waals surface area contributed by atoms with Crippen LogP contribution in [0, 0.1) is 5.92 Å².